The Balaban J connectivity index is 1.47. The van der Waals surface area contributed by atoms with E-state index in [0.717, 1.165) is 15.5 Å². The van der Waals surface area contributed by atoms with Crippen LogP contribution in [0.15, 0.2) is 104 Å². The molecule has 0 aliphatic rings. The second-order valence-corrected chi connectivity index (χ2v) is 9.88. The minimum Gasteiger partial charge on any atom is -0.422 e. The molecule has 174 valence electrons. The lowest BCUT2D eigenvalue weighted by Gasteiger charge is -2.08. The highest BCUT2D eigenvalue weighted by atomic mass is 79.9. The van der Waals surface area contributed by atoms with Gasteiger partial charge in [-0.1, -0.05) is 57.5 Å². The third-order valence-electron chi connectivity index (χ3n) is 5.16. The predicted molar refractivity (Wildman–Crippen MR) is 144 cm³/mol. The maximum atomic E-state index is 12.7. The Morgan fingerprint density at radius 1 is 1.06 bits per heavy atom. The van der Waals surface area contributed by atoms with Crippen molar-refractivity contribution >= 4 is 61.9 Å². The lowest BCUT2D eigenvalue weighted by atomic mass is 10.1. The number of rotatable bonds is 6. The van der Waals surface area contributed by atoms with E-state index in [0.29, 0.717) is 32.7 Å². The molecule has 9 heteroatoms. The molecule has 0 saturated carbocycles. The smallest absolute Gasteiger partial charge is 0.345 e. The highest BCUT2D eigenvalue weighted by molar-refractivity contribution is 9.10. The summed E-state index contributed by atoms with van der Waals surface area (Å²) in [5.41, 5.74) is 2.37. The number of imidazole rings is 1. The number of fused-ring (bicyclic) bond motifs is 1. The van der Waals surface area contributed by atoms with E-state index in [4.69, 9.17) is 21.0 Å². The zero-order valence-corrected chi connectivity index (χ0v) is 21.2. The number of amides is 1. The third-order valence-corrected chi connectivity index (χ3v) is 6.89. The largest absolute Gasteiger partial charge is 0.422 e. The fourth-order valence-electron chi connectivity index (χ4n) is 3.48. The van der Waals surface area contributed by atoms with Crippen LogP contribution in [-0.2, 0) is 4.79 Å². The zero-order valence-electron chi connectivity index (χ0n) is 18.1. The van der Waals surface area contributed by atoms with E-state index >= 15 is 0 Å². The minimum absolute atomic E-state index is 0.127. The molecule has 0 saturated heterocycles. The van der Waals surface area contributed by atoms with Gasteiger partial charge in [-0.3, -0.25) is 9.36 Å². The van der Waals surface area contributed by atoms with Crippen LogP contribution in [0.2, 0.25) is 5.02 Å². The maximum Gasteiger partial charge on any atom is 0.345 e. The van der Waals surface area contributed by atoms with Crippen molar-refractivity contribution in [3.8, 4) is 16.9 Å². The molecule has 0 aliphatic heterocycles. The van der Waals surface area contributed by atoms with Crippen molar-refractivity contribution in [2.24, 2.45) is 0 Å². The van der Waals surface area contributed by atoms with Gasteiger partial charge in [-0.2, -0.15) is 0 Å². The van der Waals surface area contributed by atoms with Gasteiger partial charge in [0.05, 0.1) is 17.0 Å². The molecule has 3 aromatic carbocycles. The summed E-state index contributed by atoms with van der Waals surface area (Å²) in [4.78, 5) is 30.0. The Bertz CT molecular complexity index is 1580. The Hall–Kier alpha value is -3.33. The Labute approximate surface area is 218 Å². The van der Waals surface area contributed by atoms with Crippen molar-refractivity contribution < 1.29 is 9.21 Å². The minimum atomic E-state index is -0.471. The Morgan fingerprint density at radius 2 is 1.80 bits per heavy atom. The molecule has 0 bridgehead atoms. The molecule has 0 spiro atoms. The van der Waals surface area contributed by atoms with Gasteiger partial charge in [0.25, 0.3) is 0 Å². The number of hydrogen-bond donors (Lipinski definition) is 1. The molecule has 2 aromatic heterocycles. The van der Waals surface area contributed by atoms with Crippen LogP contribution in [-0.4, -0.2) is 21.2 Å². The topological polar surface area (TPSA) is 77.1 Å². The summed E-state index contributed by atoms with van der Waals surface area (Å²) in [7, 11) is 0. The molecule has 1 amide bonds. The summed E-state index contributed by atoms with van der Waals surface area (Å²) < 4.78 is 8.30. The van der Waals surface area contributed by atoms with Gasteiger partial charge in [-0.25, -0.2) is 9.78 Å². The van der Waals surface area contributed by atoms with Gasteiger partial charge in [-0.05, 0) is 60.7 Å². The summed E-state index contributed by atoms with van der Waals surface area (Å²) in [6, 6.07) is 23.7. The number of benzene rings is 3. The number of thioether (sulfide) groups is 1. The van der Waals surface area contributed by atoms with Crippen molar-refractivity contribution in [3.63, 3.8) is 0 Å². The summed E-state index contributed by atoms with van der Waals surface area (Å²) in [6.45, 7) is 0. The Kier molecular flexibility index (Phi) is 6.77. The first-order valence-corrected chi connectivity index (χ1v) is 12.7. The van der Waals surface area contributed by atoms with Crippen molar-refractivity contribution in [2.45, 2.75) is 5.16 Å². The Morgan fingerprint density at radius 3 is 2.57 bits per heavy atom. The van der Waals surface area contributed by atoms with Crippen LogP contribution in [0.25, 0.3) is 27.9 Å². The van der Waals surface area contributed by atoms with E-state index in [1.54, 1.807) is 42.6 Å². The average molecular weight is 567 g/mol. The fraction of sp³-hybridized carbons (Fsp3) is 0.0385. The quantitative estimate of drug-likeness (QED) is 0.181. The van der Waals surface area contributed by atoms with Crippen LogP contribution in [0.1, 0.15) is 0 Å². The highest BCUT2D eigenvalue weighted by Crippen LogP contribution is 2.28. The first kappa shape index (κ1) is 23.4. The van der Waals surface area contributed by atoms with Crippen LogP contribution in [0.3, 0.4) is 0 Å². The number of hydrogen-bond acceptors (Lipinski definition) is 5. The first-order chi connectivity index (χ1) is 17.0. The predicted octanol–water partition coefficient (Wildman–Crippen LogP) is 6.79. The maximum absolute atomic E-state index is 12.7. The van der Waals surface area contributed by atoms with Crippen molar-refractivity contribution in [3.05, 3.63) is 105 Å². The summed E-state index contributed by atoms with van der Waals surface area (Å²) >= 11 is 10.6. The van der Waals surface area contributed by atoms with E-state index in [9.17, 15) is 9.59 Å². The van der Waals surface area contributed by atoms with Crippen LogP contribution < -0.4 is 10.9 Å². The second kappa shape index (κ2) is 10.1. The lowest BCUT2D eigenvalue weighted by molar-refractivity contribution is -0.113. The molecular formula is C26H17BrClN3O3S. The van der Waals surface area contributed by atoms with Crippen molar-refractivity contribution in [1.82, 2.24) is 9.55 Å². The van der Waals surface area contributed by atoms with Crippen molar-refractivity contribution in [1.29, 1.82) is 0 Å². The summed E-state index contributed by atoms with van der Waals surface area (Å²) in [5.74, 6) is -0.0588. The molecular weight excluding hydrogens is 550 g/mol. The second-order valence-electron chi connectivity index (χ2n) is 7.58. The monoisotopic (exact) mass is 565 g/mol. The molecule has 5 aromatic rings. The molecule has 0 radical (unpaired) electrons. The van der Waals surface area contributed by atoms with Crippen LogP contribution in [0, 0.1) is 0 Å². The number of carbonyl (C=O) groups excluding carboxylic acids is 1. The molecule has 1 N–H and O–H groups in total. The van der Waals surface area contributed by atoms with Gasteiger partial charge in [-0.15, -0.1) is 0 Å². The third kappa shape index (κ3) is 5.35. The SMILES string of the molecule is O=C(CSc1nc(-c2cc3ccccc3oc2=O)cn1-c1ccc(Br)cc1)Nc1ccc(Cl)cc1. The molecule has 0 atom stereocenters. The first-order valence-electron chi connectivity index (χ1n) is 10.5. The number of halogens is 2. The van der Waals surface area contributed by atoms with Gasteiger partial charge in [0.1, 0.15) is 5.58 Å². The van der Waals surface area contributed by atoms with E-state index in [1.807, 2.05) is 47.0 Å². The summed E-state index contributed by atoms with van der Waals surface area (Å²) in [6.07, 6.45) is 1.78. The lowest BCUT2D eigenvalue weighted by Crippen LogP contribution is -2.14. The van der Waals surface area contributed by atoms with Gasteiger partial charge < -0.3 is 9.73 Å². The highest BCUT2D eigenvalue weighted by Gasteiger charge is 2.17. The number of carbonyl (C=O) groups is 1. The fourth-order valence-corrected chi connectivity index (χ4v) is 4.67. The number of nitrogens with zero attached hydrogens (tertiary/aromatic N) is 2. The molecule has 0 fully saturated rings. The van der Waals surface area contributed by atoms with E-state index < -0.39 is 5.63 Å². The van der Waals surface area contributed by atoms with Crippen LogP contribution in [0.5, 0.6) is 0 Å². The molecule has 5 rings (SSSR count). The molecule has 6 nitrogen and oxygen atoms in total. The molecule has 35 heavy (non-hydrogen) atoms. The van der Waals surface area contributed by atoms with Gasteiger partial charge in [0.15, 0.2) is 5.16 Å². The average Bonchev–Trinajstić information content (AvgIpc) is 3.28. The van der Waals surface area contributed by atoms with Gasteiger partial charge in [0, 0.05) is 32.5 Å². The molecule has 0 unspecified atom stereocenters. The number of para-hydroxylation sites is 1. The zero-order chi connectivity index (χ0) is 24.4. The van der Waals surface area contributed by atoms with E-state index in [1.165, 1.54) is 11.8 Å². The van der Waals surface area contributed by atoms with Crippen LogP contribution >= 0.6 is 39.3 Å². The van der Waals surface area contributed by atoms with Crippen molar-refractivity contribution in [2.75, 3.05) is 11.1 Å². The van der Waals surface area contributed by atoms with E-state index in [-0.39, 0.29) is 11.7 Å². The standard InChI is InChI=1S/C26H17BrClN3O3S/c27-17-5-11-20(12-6-17)31-14-22(21-13-16-3-1-2-4-23(16)34-25(21)33)30-26(31)35-15-24(32)29-19-9-7-18(28)8-10-19/h1-14H,15H2,(H,29,32). The van der Waals surface area contributed by atoms with Crippen LogP contribution in [0.4, 0.5) is 5.69 Å². The summed E-state index contributed by atoms with van der Waals surface area (Å²) in [5, 5.41) is 4.82. The van der Waals surface area contributed by atoms with Gasteiger partial charge >= 0.3 is 5.63 Å². The number of aromatic nitrogens is 2. The molecule has 0 aliphatic carbocycles. The number of nitrogens with one attached hydrogen (secondary N) is 1. The van der Waals surface area contributed by atoms with Gasteiger partial charge in [0.2, 0.25) is 5.91 Å². The van der Waals surface area contributed by atoms with E-state index in [2.05, 4.69) is 21.2 Å². The number of anilines is 1. The molecule has 2 heterocycles. The normalized spacial score (nSPS) is 11.0.